The van der Waals surface area contributed by atoms with Gasteiger partial charge in [-0.25, -0.2) is 0 Å². The number of aryl methyl sites for hydroxylation is 1. The molecule has 0 bridgehead atoms. The molecule has 1 amide bonds. The maximum absolute atomic E-state index is 12.0. The molecule has 0 aliphatic rings. The predicted molar refractivity (Wildman–Crippen MR) is 78.9 cm³/mol. The minimum atomic E-state index is -0.449. The third-order valence-corrected chi connectivity index (χ3v) is 2.98. The van der Waals surface area contributed by atoms with E-state index in [1.807, 2.05) is 6.07 Å². The van der Waals surface area contributed by atoms with E-state index in [0.29, 0.717) is 11.3 Å². The highest BCUT2D eigenvalue weighted by molar-refractivity contribution is 6.30. The number of carbonyl (C=O) groups is 1. The highest BCUT2D eigenvalue weighted by Crippen LogP contribution is 2.09. The summed E-state index contributed by atoms with van der Waals surface area (Å²) in [6.07, 6.45) is 1.39. The van der Waals surface area contributed by atoms with E-state index in [0.717, 1.165) is 0 Å². The molecular weight excluding hydrogens is 292 g/mol. The van der Waals surface area contributed by atoms with Crippen LogP contribution in [0.25, 0.3) is 0 Å². The number of aromatic nitrogens is 1. The molecule has 2 N–H and O–H groups in total. The molecule has 1 aromatic carbocycles. The quantitative estimate of drug-likeness (QED) is 0.844. The summed E-state index contributed by atoms with van der Waals surface area (Å²) in [5.41, 5.74) is 6.07. The molecule has 106 valence electrons. The van der Waals surface area contributed by atoms with E-state index in [4.69, 9.17) is 16.9 Å². The molecule has 0 unspecified atom stereocenters. The highest BCUT2D eigenvalue weighted by Gasteiger charge is 2.09. The molecule has 0 aliphatic carbocycles. The van der Waals surface area contributed by atoms with Gasteiger partial charge in [-0.2, -0.15) is 5.26 Å². The van der Waals surface area contributed by atoms with Crippen molar-refractivity contribution >= 4 is 23.2 Å². The van der Waals surface area contributed by atoms with Crippen LogP contribution in [-0.2, 0) is 7.05 Å². The van der Waals surface area contributed by atoms with Crippen LogP contribution in [0.4, 0.5) is 5.69 Å². The molecule has 0 saturated carbocycles. The Morgan fingerprint density at radius 2 is 2.14 bits per heavy atom. The first-order valence-corrected chi connectivity index (χ1v) is 6.32. The molecule has 7 heteroatoms. The van der Waals surface area contributed by atoms with Gasteiger partial charge >= 0.3 is 0 Å². The van der Waals surface area contributed by atoms with Crippen molar-refractivity contribution in [3.63, 3.8) is 0 Å². The SMILES string of the molecule is Cn1cc(C(=O)NNc2cccc(C#N)c2)cc(Cl)c1=O. The maximum atomic E-state index is 12.0. The number of anilines is 1. The van der Waals surface area contributed by atoms with E-state index in [2.05, 4.69) is 10.9 Å². The Hall–Kier alpha value is -2.78. The number of halogens is 1. The molecule has 2 rings (SSSR count). The minimum Gasteiger partial charge on any atom is -0.317 e. The van der Waals surface area contributed by atoms with Crippen LogP contribution in [0.3, 0.4) is 0 Å². The van der Waals surface area contributed by atoms with Crippen molar-refractivity contribution in [2.24, 2.45) is 7.05 Å². The smallest absolute Gasteiger partial charge is 0.271 e. The summed E-state index contributed by atoms with van der Waals surface area (Å²) in [5, 5.41) is 8.76. The normalized spacial score (nSPS) is 9.76. The average molecular weight is 303 g/mol. The summed E-state index contributed by atoms with van der Waals surface area (Å²) in [6, 6.07) is 9.94. The van der Waals surface area contributed by atoms with E-state index in [1.54, 1.807) is 24.3 Å². The molecular formula is C14H11ClN4O2. The van der Waals surface area contributed by atoms with Crippen LogP contribution in [0.2, 0.25) is 5.02 Å². The van der Waals surface area contributed by atoms with E-state index in [9.17, 15) is 9.59 Å². The first-order chi connectivity index (χ1) is 10.0. The van der Waals surface area contributed by atoms with Crippen molar-refractivity contribution in [2.45, 2.75) is 0 Å². The molecule has 0 radical (unpaired) electrons. The third-order valence-electron chi connectivity index (χ3n) is 2.71. The number of amides is 1. The van der Waals surface area contributed by atoms with Crippen LogP contribution >= 0.6 is 11.6 Å². The zero-order chi connectivity index (χ0) is 15.4. The fraction of sp³-hybridized carbons (Fsp3) is 0.0714. The van der Waals surface area contributed by atoms with Gasteiger partial charge in [0.15, 0.2) is 0 Å². The Labute approximate surface area is 125 Å². The monoisotopic (exact) mass is 302 g/mol. The van der Waals surface area contributed by atoms with Crippen molar-refractivity contribution < 1.29 is 4.79 Å². The van der Waals surface area contributed by atoms with Gasteiger partial charge in [0, 0.05) is 13.2 Å². The molecule has 6 nitrogen and oxygen atoms in total. The zero-order valence-electron chi connectivity index (χ0n) is 11.1. The fourth-order valence-electron chi connectivity index (χ4n) is 1.66. The van der Waals surface area contributed by atoms with Gasteiger partial charge < -0.3 is 4.57 Å². The van der Waals surface area contributed by atoms with Gasteiger partial charge in [-0.05, 0) is 24.3 Å². The van der Waals surface area contributed by atoms with Gasteiger partial charge in [-0.1, -0.05) is 17.7 Å². The second-order valence-corrected chi connectivity index (χ2v) is 4.67. The molecule has 1 heterocycles. The minimum absolute atomic E-state index is 0.0309. The van der Waals surface area contributed by atoms with Crippen LogP contribution in [0.15, 0.2) is 41.3 Å². The van der Waals surface area contributed by atoms with Gasteiger partial charge in [0.1, 0.15) is 5.02 Å². The molecule has 0 spiro atoms. The van der Waals surface area contributed by atoms with Gasteiger partial charge in [-0.3, -0.25) is 20.4 Å². The molecule has 0 atom stereocenters. The second kappa shape index (κ2) is 6.11. The lowest BCUT2D eigenvalue weighted by Gasteiger charge is -2.09. The Morgan fingerprint density at radius 3 is 2.81 bits per heavy atom. The third kappa shape index (κ3) is 3.41. The summed E-state index contributed by atoms with van der Waals surface area (Å²) in [4.78, 5) is 23.4. The number of nitrogens with zero attached hydrogens (tertiary/aromatic N) is 2. The largest absolute Gasteiger partial charge is 0.317 e. The van der Waals surface area contributed by atoms with Crippen molar-refractivity contribution in [1.29, 1.82) is 5.26 Å². The molecule has 0 saturated heterocycles. The Balaban J connectivity index is 2.12. The van der Waals surface area contributed by atoms with Crippen LogP contribution in [0, 0.1) is 11.3 Å². The van der Waals surface area contributed by atoms with Crippen LogP contribution in [0.5, 0.6) is 0 Å². The second-order valence-electron chi connectivity index (χ2n) is 4.26. The van der Waals surface area contributed by atoms with E-state index in [-0.39, 0.29) is 16.1 Å². The van der Waals surface area contributed by atoms with E-state index in [1.165, 1.54) is 23.9 Å². The number of hydrogen-bond donors (Lipinski definition) is 2. The average Bonchev–Trinajstić information content (AvgIpc) is 2.50. The number of hydrogen-bond acceptors (Lipinski definition) is 4. The molecule has 0 fully saturated rings. The number of carbonyl (C=O) groups excluding carboxylic acids is 1. The highest BCUT2D eigenvalue weighted by atomic mass is 35.5. The van der Waals surface area contributed by atoms with Gasteiger partial charge in [0.2, 0.25) is 0 Å². The van der Waals surface area contributed by atoms with Gasteiger partial charge in [0.05, 0.1) is 22.9 Å². The molecule has 2 aromatic rings. The van der Waals surface area contributed by atoms with E-state index >= 15 is 0 Å². The molecule has 1 aromatic heterocycles. The first kappa shape index (κ1) is 14.6. The Morgan fingerprint density at radius 1 is 1.38 bits per heavy atom. The van der Waals surface area contributed by atoms with Crippen LogP contribution < -0.4 is 16.4 Å². The van der Waals surface area contributed by atoms with Crippen molar-refractivity contribution in [3.05, 3.63) is 63.0 Å². The maximum Gasteiger partial charge on any atom is 0.271 e. The fourth-order valence-corrected chi connectivity index (χ4v) is 1.91. The summed E-state index contributed by atoms with van der Waals surface area (Å²) in [7, 11) is 1.51. The van der Waals surface area contributed by atoms with Crippen molar-refractivity contribution in [2.75, 3.05) is 5.43 Å². The lowest BCUT2D eigenvalue weighted by atomic mass is 10.2. The number of nitrogens with one attached hydrogen (secondary N) is 2. The number of pyridine rings is 1. The lowest BCUT2D eigenvalue weighted by molar-refractivity contribution is 0.0962. The van der Waals surface area contributed by atoms with Crippen molar-refractivity contribution in [3.8, 4) is 6.07 Å². The standard InChI is InChI=1S/C14H11ClN4O2/c1-19-8-10(6-12(15)14(19)21)13(20)18-17-11-4-2-3-9(5-11)7-16/h2-6,8,17H,1H3,(H,18,20). The van der Waals surface area contributed by atoms with Crippen molar-refractivity contribution in [1.82, 2.24) is 9.99 Å². The summed E-state index contributed by atoms with van der Waals surface area (Å²) >= 11 is 5.75. The van der Waals surface area contributed by atoms with Gasteiger partial charge in [0.25, 0.3) is 11.5 Å². The number of hydrazine groups is 1. The molecule has 0 aliphatic heterocycles. The number of rotatable bonds is 3. The van der Waals surface area contributed by atoms with Crippen LogP contribution in [-0.4, -0.2) is 10.5 Å². The first-order valence-electron chi connectivity index (χ1n) is 5.94. The zero-order valence-corrected chi connectivity index (χ0v) is 11.8. The Kier molecular flexibility index (Phi) is 4.26. The lowest BCUT2D eigenvalue weighted by Crippen LogP contribution is -2.30. The topological polar surface area (TPSA) is 86.9 Å². The summed E-state index contributed by atoms with van der Waals surface area (Å²) in [6.45, 7) is 0. The molecule has 21 heavy (non-hydrogen) atoms. The Bertz CT molecular complexity index is 766. The summed E-state index contributed by atoms with van der Waals surface area (Å²) < 4.78 is 1.23. The number of nitriles is 1. The van der Waals surface area contributed by atoms with Gasteiger partial charge in [-0.15, -0.1) is 0 Å². The predicted octanol–water partition coefficient (Wildman–Crippen LogP) is 1.67. The number of benzene rings is 1. The van der Waals surface area contributed by atoms with E-state index < -0.39 is 5.91 Å². The van der Waals surface area contributed by atoms with Crippen LogP contribution in [0.1, 0.15) is 15.9 Å². The summed E-state index contributed by atoms with van der Waals surface area (Å²) in [5.74, 6) is -0.449.